The highest BCUT2D eigenvalue weighted by Crippen LogP contribution is 2.35. The number of carbonyl (C=O) groups is 2. The fourth-order valence-corrected chi connectivity index (χ4v) is 1.99. The van der Waals surface area contributed by atoms with Gasteiger partial charge in [0.1, 0.15) is 11.4 Å². The summed E-state index contributed by atoms with van der Waals surface area (Å²) in [5.74, 6) is -2.89. The van der Waals surface area contributed by atoms with E-state index in [2.05, 4.69) is 0 Å². The fraction of sp³-hybridized carbons (Fsp3) is 0.429. The summed E-state index contributed by atoms with van der Waals surface area (Å²) >= 11 is 0. The standard InChI is InChI=1S/C14H14F2O3/c1-13(2,3)19-12(18)14(16)7-8-4-5-9(15)6-10(8)11(14)17/h4-6H,7H2,1-3H3/t14-/m0/s1. The Labute approximate surface area is 109 Å². The molecular formula is C14H14F2O3. The van der Waals surface area contributed by atoms with Crippen LogP contribution in [0.5, 0.6) is 0 Å². The van der Waals surface area contributed by atoms with Crippen molar-refractivity contribution < 1.29 is 23.1 Å². The number of hydrogen-bond acceptors (Lipinski definition) is 3. The van der Waals surface area contributed by atoms with E-state index in [9.17, 15) is 18.4 Å². The summed E-state index contributed by atoms with van der Waals surface area (Å²) in [7, 11) is 0. The van der Waals surface area contributed by atoms with E-state index in [1.54, 1.807) is 20.8 Å². The van der Waals surface area contributed by atoms with Crippen LogP contribution in [0.15, 0.2) is 18.2 Å². The molecule has 0 heterocycles. The number of rotatable bonds is 1. The fourth-order valence-electron chi connectivity index (χ4n) is 1.99. The van der Waals surface area contributed by atoms with Crippen LogP contribution in [0.1, 0.15) is 36.7 Å². The lowest BCUT2D eigenvalue weighted by Crippen LogP contribution is -2.44. The number of ketones is 1. The zero-order valence-corrected chi connectivity index (χ0v) is 10.9. The van der Waals surface area contributed by atoms with E-state index in [1.807, 2.05) is 0 Å². The summed E-state index contributed by atoms with van der Waals surface area (Å²) in [5, 5.41) is 0. The number of benzene rings is 1. The maximum atomic E-state index is 14.6. The molecule has 1 aromatic carbocycles. The van der Waals surface area contributed by atoms with Gasteiger partial charge in [-0.1, -0.05) is 6.07 Å². The number of halogens is 2. The summed E-state index contributed by atoms with van der Waals surface area (Å²) in [6, 6.07) is 3.39. The van der Waals surface area contributed by atoms with Gasteiger partial charge in [0.15, 0.2) is 0 Å². The Kier molecular flexibility index (Phi) is 2.96. The Morgan fingerprint density at radius 2 is 2.00 bits per heavy atom. The first kappa shape index (κ1) is 13.6. The van der Waals surface area contributed by atoms with Gasteiger partial charge in [-0.15, -0.1) is 0 Å². The number of hydrogen-bond donors (Lipinski definition) is 0. The predicted molar refractivity (Wildman–Crippen MR) is 64.1 cm³/mol. The Morgan fingerprint density at radius 3 is 2.58 bits per heavy atom. The highest BCUT2D eigenvalue weighted by atomic mass is 19.1. The van der Waals surface area contributed by atoms with Crippen molar-refractivity contribution in [1.29, 1.82) is 0 Å². The third-order valence-corrected chi connectivity index (χ3v) is 2.83. The van der Waals surface area contributed by atoms with Crippen molar-refractivity contribution >= 4 is 11.8 Å². The van der Waals surface area contributed by atoms with Crippen LogP contribution in [-0.4, -0.2) is 23.0 Å². The second kappa shape index (κ2) is 4.11. The molecule has 1 atom stereocenters. The van der Waals surface area contributed by atoms with Crippen LogP contribution in [0.25, 0.3) is 0 Å². The molecule has 3 nitrogen and oxygen atoms in total. The van der Waals surface area contributed by atoms with Crippen LogP contribution in [0.3, 0.4) is 0 Å². The normalized spacial score (nSPS) is 22.3. The van der Waals surface area contributed by atoms with Crippen LogP contribution < -0.4 is 0 Å². The molecule has 0 unspecified atom stereocenters. The van der Waals surface area contributed by atoms with Crippen molar-refractivity contribution in [1.82, 2.24) is 0 Å². The van der Waals surface area contributed by atoms with Crippen molar-refractivity contribution in [2.75, 3.05) is 0 Å². The number of Topliss-reactive ketones (excluding diaryl/α,β-unsaturated/α-hetero) is 1. The van der Waals surface area contributed by atoms with Gasteiger partial charge in [-0.2, -0.15) is 0 Å². The SMILES string of the molecule is CC(C)(C)OC(=O)[C@]1(F)Cc2ccc(F)cc2C1=O. The Bertz CT molecular complexity index is 560. The molecule has 0 bridgehead atoms. The van der Waals surface area contributed by atoms with E-state index in [1.165, 1.54) is 6.07 Å². The maximum Gasteiger partial charge on any atom is 0.353 e. The molecule has 19 heavy (non-hydrogen) atoms. The minimum atomic E-state index is -2.75. The topological polar surface area (TPSA) is 43.4 Å². The van der Waals surface area contributed by atoms with Crippen LogP contribution >= 0.6 is 0 Å². The second-order valence-corrected chi connectivity index (χ2v) is 5.61. The zero-order chi connectivity index (χ0) is 14.4. The molecule has 0 spiro atoms. The number of esters is 1. The van der Waals surface area contributed by atoms with Crippen LogP contribution in [0.4, 0.5) is 8.78 Å². The molecule has 5 heteroatoms. The first-order valence-electron chi connectivity index (χ1n) is 5.89. The Morgan fingerprint density at radius 1 is 1.37 bits per heavy atom. The number of fused-ring (bicyclic) bond motifs is 1. The van der Waals surface area contributed by atoms with Crippen molar-refractivity contribution in [2.45, 2.75) is 38.5 Å². The number of carbonyl (C=O) groups excluding carboxylic acids is 2. The smallest absolute Gasteiger partial charge is 0.353 e. The van der Waals surface area contributed by atoms with Gasteiger partial charge < -0.3 is 4.74 Å². The molecule has 1 aromatic rings. The summed E-state index contributed by atoms with van der Waals surface area (Å²) in [4.78, 5) is 23.8. The van der Waals surface area contributed by atoms with E-state index in [4.69, 9.17) is 4.74 Å². The quantitative estimate of drug-likeness (QED) is 0.581. The molecule has 0 aliphatic heterocycles. The minimum Gasteiger partial charge on any atom is -0.457 e. The highest BCUT2D eigenvalue weighted by molar-refractivity contribution is 6.18. The van der Waals surface area contributed by atoms with Crippen molar-refractivity contribution in [2.24, 2.45) is 0 Å². The lowest BCUT2D eigenvalue weighted by molar-refractivity contribution is -0.165. The summed E-state index contributed by atoms with van der Waals surface area (Å²) in [6.45, 7) is 4.75. The van der Waals surface area contributed by atoms with E-state index in [-0.39, 0.29) is 5.56 Å². The van der Waals surface area contributed by atoms with Crippen molar-refractivity contribution in [3.63, 3.8) is 0 Å². The summed E-state index contributed by atoms with van der Waals surface area (Å²) < 4.78 is 32.6. The van der Waals surface area contributed by atoms with Gasteiger partial charge in [0.25, 0.3) is 5.67 Å². The minimum absolute atomic E-state index is 0.0895. The monoisotopic (exact) mass is 268 g/mol. The van der Waals surface area contributed by atoms with E-state index < -0.39 is 35.3 Å². The van der Waals surface area contributed by atoms with Gasteiger partial charge in [-0.25, -0.2) is 13.6 Å². The van der Waals surface area contributed by atoms with E-state index in [0.29, 0.717) is 5.56 Å². The molecular weight excluding hydrogens is 254 g/mol. The average molecular weight is 268 g/mol. The second-order valence-electron chi connectivity index (χ2n) is 5.61. The van der Waals surface area contributed by atoms with Gasteiger partial charge in [-0.3, -0.25) is 4.79 Å². The third kappa shape index (κ3) is 2.37. The maximum absolute atomic E-state index is 14.6. The largest absolute Gasteiger partial charge is 0.457 e. The molecule has 0 N–H and O–H groups in total. The van der Waals surface area contributed by atoms with Gasteiger partial charge >= 0.3 is 5.97 Å². The van der Waals surface area contributed by atoms with Gasteiger partial charge in [0, 0.05) is 12.0 Å². The van der Waals surface area contributed by atoms with Gasteiger partial charge in [-0.05, 0) is 38.5 Å². The molecule has 0 saturated heterocycles. The molecule has 0 saturated carbocycles. The van der Waals surface area contributed by atoms with E-state index in [0.717, 1.165) is 12.1 Å². The molecule has 0 aromatic heterocycles. The first-order chi connectivity index (χ1) is 8.63. The molecule has 0 fully saturated rings. The first-order valence-corrected chi connectivity index (χ1v) is 5.89. The average Bonchev–Trinajstić information content (AvgIpc) is 2.51. The Balaban J connectivity index is 2.34. The third-order valence-electron chi connectivity index (χ3n) is 2.83. The van der Waals surface area contributed by atoms with Crippen molar-refractivity contribution in [3.8, 4) is 0 Å². The molecule has 2 rings (SSSR count). The highest BCUT2D eigenvalue weighted by Gasteiger charge is 2.54. The van der Waals surface area contributed by atoms with Crippen LogP contribution in [0.2, 0.25) is 0 Å². The molecule has 1 aliphatic rings. The lowest BCUT2D eigenvalue weighted by atomic mass is 10.0. The number of ether oxygens (including phenoxy) is 1. The van der Waals surface area contributed by atoms with Gasteiger partial charge in [0.2, 0.25) is 5.78 Å². The van der Waals surface area contributed by atoms with Crippen LogP contribution in [-0.2, 0) is 16.0 Å². The predicted octanol–water partition coefficient (Wildman–Crippen LogP) is 2.61. The lowest BCUT2D eigenvalue weighted by Gasteiger charge is -2.24. The molecule has 1 aliphatic carbocycles. The molecule has 0 amide bonds. The van der Waals surface area contributed by atoms with Crippen molar-refractivity contribution in [3.05, 3.63) is 35.1 Å². The number of alkyl halides is 1. The summed E-state index contributed by atoms with van der Waals surface area (Å²) in [6.07, 6.45) is -0.406. The Hall–Kier alpha value is -1.78. The molecule has 102 valence electrons. The van der Waals surface area contributed by atoms with Gasteiger partial charge in [0.05, 0.1) is 0 Å². The van der Waals surface area contributed by atoms with E-state index >= 15 is 0 Å². The van der Waals surface area contributed by atoms with Crippen LogP contribution in [0, 0.1) is 5.82 Å². The zero-order valence-electron chi connectivity index (χ0n) is 10.9. The summed E-state index contributed by atoms with van der Waals surface area (Å²) in [5.41, 5.74) is -3.41. The molecule has 0 radical (unpaired) electrons.